The second-order valence-corrected chi connectivity index (χ2v) is 7.13. The maximum atomic E-state index is 13.0. The number of para-hydroxylation sites is 1. The molecule has 144 valence electrons. The van der Waals surface area contributed by atoms with Crippen LogP contribution >= 0.6 is 0 Å². The lowest BCUT2D eigenvalue weighted by Crippen LogP contribution is -2.38. The molecule has 3 heterocycles. The van der Waals surface area contributed by atoms with Crippen LogP contribution in [0.3, 0.4) is 0 Å². The molecule has 7 nitrogen and oxygen atoms in total. The van der Waals surface area contributed by atoms with Crippen LogP contribution in [0.1, 0.15) is 47.2 Å². The monoisotopic (exact) mass is 370 g/mol. The molecule has 2 aromatic rings. The van der Waals surface area contributed by atoms with Gasteiger partial charge in [0.1, 0.15) is 24.0 Å². The van der Waals surface area contributed by atoms with Crippen LogP contribution in [0.5, 0.6) is 5.75 Å². The van der Waals surface area contributed by atoms with E-state index in [1.807, 2.05) is 29.2 Å². The second kappa shape index (κ2) is 8.08. The zero-order chi connectivity index (χ0) is 18.6. The summed E-state index contributed by atoms with van der Waals surface area (Å²) < 4.78 is 13.0. The molecule has 0 unspecified atom stereocenters. The fourth-order valence-electron chi connectivity index (χ4n) is 3.99. The van der Waals surface area contributed by atoms with E-state index >= 15 is 0 Å². The summed E-state index contributed by atoms with van der Waals surface area (Å²) in [5.74, 6) is 3.27. The molecule has 1 fully saturated rings. The average molecular weight is 370 g/mol. The van der Waals surface area contributed by atoms with Crippen LogP contribution in [-0.2, 0) is 17.7 Å². The number of likely N-dealkylation sites (tertiary alicyclic amines) is 1. The van der Waals surface area contributed by atoms with Gasteiger partial charge in [-0.05, 0) is 31.4 Å². The van der Waals surface area contributed by atoms with Gasteiger partial charge in [-0.25, -0.2) is 0 Å². The number of carbonyl (C=O) groups is 1. The van der Waals surface area contributed by atoms with Crippen molar-refractivity contribution >= 4 is 5.91 Å². The van der Waals surface area contributed by atoms with Crippen molar-refractivity contribution in [1.82, 2.24) is 19.7 Å². The number of methoxy groups -OCH3 is 1. The molecule has 1 aromatic carbocycles. The number of rotatable bonds is 6. The number of hydrogen-bond acceptors (Lipinski definition) is 5. The summed E-state index contributed by atoms with van der Waals surface area (Å²) >= 11 is 0. The van der Waals surface area contributed by atoms with Crippen LogP contribution in [0.25, 0.3) is 0 Å². The van der Waals surface area contributed by atoms with Crippen molar-refractivity contribution in [1.29, 1.82) is 0 Å². The molecule has 1 amide bonds. The van der Waals surface area contributed by atoms with Gasteiger partial charge in [0.05, 0.1) is 12.2 Å². The maximum absolute atomic E-state index is 13.0. The highest BCUT2D eigenvalue weighted by molar-refractivity contribution is 5.97. The molecule has 1 aromatic heterocycles. The Labute approximate surface area is 159 Å². The third-order valence-electron chi connectivity index (χ3n) is 5.45. The Bertz CT molecular complexity index is 796. The fraction of sp³-hybridized carbons (Fsp3) is 0.550. The standard InChI is InChI=1S/C20H26N4O3/c1-26-13-14-27-17-6-3-2-5-16(17)20(25)23-11-8-15(9-12-23)19-22-21-18-7-4-10-24(18)19/h2-3,5-6,15H,4,7-14H2,1H3. The zero-order valence-electron chi connectivity index (χ0n) is 15.8. The number of amides is 1. The number of piperidine rings is 1. The molecule has 2 aliphatic rings. The lowest BCUT2D eigenvalue weighted by molar-refractivity contribution is 0.0703. The van der Waals surface area contributed by atoms with Crippen molar-refractivity contribution in [3.05, 3.63) is 41.5 Å². The first-order valence-electron chi connectivity index (χ1n) is 9.70. The van der Waals surface area contributed by atoms with Crippen LogP contribution in [-0.4, -0.2) is 59.0 Å². The maximum Gasteiger partial charge on any atom is 0.257 e. The average Bonchev–Trinajstić information content (AvgIpc) is 3.32. The van der Waals surface area contributed by atoms with Crippen LogP contribution < -0.4 is 4.74 Å². The quantitative estimate of drug-likeness (QED) is 0.730. The number of fused-ring (bicyclic) bond motifs is 1. The summed E-state index contributed by atoms with van der Waals surface area (Å²) in [6.45, 7) is 3.43. The van der Waals surface area contributed by atoms with E-state index in [1.54, 1.807) is 7.11 Å². The van der Waals surface area contributed by atoms with E-state index < -0.39 is 0 Å². The summed E-state index contributed by atoms with van der Waals surface area (Å²) in [4.78, 5) is 14.9. The molecule has 1 saturated heterocycles. The normalized spacial score (nSPS) is 17.1. The van der Waals surface area contributed by atoms with Crippen LogP contribution in [0.4, 0.5) is 0 Å². The van der Waals surface area contributed by atoms with E-state index in [2.05, 4.69) is 14.8 Å². The highest BCUT2D eigenvalue weighted by atomic mass is 16.5. The number of ether oxygens (including phenoxy) is 2. The van der Waals surface area contributed by atoms with Crippen molar-refractivity contribution in [2.75, 3.05) is 33.4 Å². The molecule has 0 bridgehead atoms. The third-order valence-corrected chi connectivity index (χ3v) is 5.45. The SMILES string of the molecule is COCCOc1ccccc1C(=O)N1CCC(c2nnc3n2CCC3)CC1. The number of benzene rings is 1. The molecule has 0 N–H and O–H groups in total. The first kappa shape index (κ1) is 18.0. The minimum atomic E-state index is 0.0351. The predicted molar refractivity (Wildman–Crippen MR) is 100 cm³/mol. The van der Waals surface area contributed by atoms with Gasteiger partial charge >= 0.3 is 0 Å². The highest BCUT2D eigenvalue weighted by Gasteiger charge is 2.30. The number of aryl methyl sites for hydroxylation is 1. The van der Waals surface area contributed by atoms with Gasteiger partial charge in [-0.2, -0.15) is 0 Å². The van der Waals surface area contributed by atoms with Crippen molar-refractivity contribution in [3.63, 3.8) is 0 Å². The summed E-state index contributed by atoms with van der Waals surface area (Å²) in [5.41, 5.74) is 0.621. The molecule has 0 spiro atoms. The molecule has 7 heteroatoms. The summed E-state index contributed by atoms with van der Waals surface area (Å²) in [6.07, 6.45) is 4.05. The van der Waals surface area contributed by atoms with Crippen molar-refractivity contribution in [2.45, 2.75) is 38.1 Å². The minimum Gasteiger partial charge on any atom is -0.490 e. The third kappa shape index (κ3) is 3.69. The number of carbonyl (C=O) groups excluding carboxylic acids is 1. The molecule has 0 saturated carbocycles. The van der Waals surface area contributed by atoms with Crippen LogP contribution in [0.15, 0.2) is 24.3 Å². The lowest BCUT2D eigenvalue weighted by Gasteiger charge is -2.32. The van der Waals surface area contributed by atoms with E-state index in [0.717, 1.165) is 57.0 Å². The van der Waals surface area contributed by atoms with E-state index in [1.165, 1.54) is 0 Å². The van der Waals surface area contributed by atoms with E-state index in [9.17, 15) is 4.79 Å². The van der Waals surface area contributed by atoms with Crippen molar-refractivity contribution in [3.8, 4) is 5.75 Å². The molecular weight excluding hydrogens is 344 g/mol. The van der Waals surface area contributed by atoms with Crippen LogP contribution in [0.2, 0.25) is 0 Å². The topological polar surface area (TPSA) is 69.5 Å². The van der Waals surface area contributed by atoms with Gasteiger partial charge in [-0.15, -0.1) is 10.2 Å². The molecule has 27 heavy (non-hydrogen) atoms. The van der Waals surface area contributed by atoms with Crippen molar-refractivity contribution < 1.29 is 14.3 Å². The smallest absolute Gasteiger partial charge is 0.257 e. The summed E-state index contributed by atoms with van der Waals surface area (Å²) in [6, 6.07) is 7.44. The molecule has 0 atom stereocenters. The Morgan fingerprint density at radius 1 is 1.15 bits per heavy atom. The Morgan fingerprint density at radius 3 is 2.78 bits per heavy atom. The summed E-state index contributed by atoms with van der Waals surface area (Å²) in [7, 11) is 1.63. The van der Waals surface area contributed by atoms with Gasteiger partial charge in [0.25, 0.3) is 5.91 Å². The molecule has 2 aliphatic heterocycles. The Balaban J connectivity index is 1.40. The molecule has 0 radical (unpaired) electrons. The van der Waals surface area contributed by atoms with Gasteiger partial charge in [0.2, 0.25) is 0 Å². The van der Waals surface area contributed by atoms with Gasteiger partial charge in [0.15, 0.2) is 0 Å². The van der Waals surface area contributed by atoms with Gasteiger partial charge < -0.3 is 18.9 Å². The zero-order valence-corrected chi connectivity index (χ0v) is 15.8. The molecular formula is C20H26N4O3. The summed E-state index contributed by atoms with van der Waals surface area (Å²) in [5, 5.41) is 8.75. The highest BCUT2D eigenvalue weighted by Crippen LogP contribution is 2.30. The van der Waals surface area contributed by atoms with E-state index in [0.29, 0.717) is 30.4 Å². The second-order valence-electron chi connectivity index (χ2n) is 7.13. The van der Waals surface area contributed by atoms with Gasteiger partial charge in [-0.3, -0.25) is 4.79 Å². The first-order chi connectivity index (χ1) is 13.3. The first-order valence-corrected chi connectivity index (χ1v) is 9.70. The minimum absolute atomic E-state index is 0.0351. The number of nitrogens with zero attached hydrogens (tertiary/aromatic N) is 4. The van der Waals surface area contributed by atoms with Crippen LogP contribution in [0, 0.1) is 0 Å². The fourth-order valence-corrected chi connectivity index (χ4v) is 3.99. The van der Waals surface area contributed by atoms with E-state index in [4.69, 9.17) is 9.47 Å². The Kier molecular flexibility index (Phi) is 5.38. The molecule has 0 aliphatic carbocycles. The molecule has 4 rings (SSSR count). The van der Waals surface area contributed by atoms with Gasteiger partial charge in [-0.1, -0.05) is 12.1 Å². The Hall–Kier alpha value is -2.41. The van der Waals surface area contributed by atoms with E-state index in [-0.39, 0.29) is 5.91 Å². The number of hydrogen-bond donors (Lipinski definition) is 0. The van der Waals surface area contributed by atoms with Gasteiger partial charge in [0, 0.05) is 39.1 Å². The largest absolute Gasteiger partial charge is 0.490 e. The predicted octanol–water partition coefficient (Wildman–Crippen LogP) is 2.27. The lowest BCUT2D eigenvalue weighted by atomic mass is 9.95. The van der Waals surface area contributed by atoms with Crippen molar-refractivity contribution in [2.24, 2.45) is 0 Å². The Morgan fingerprint density at radius 2 is 1.96 bits per heavy atom. The number of aromatic nitrogens is 3.